The summed E-state index contributed by atoms with van der Waals surface area (Å²) in [7, 11) is -3.51. The highest BCUT2D eigenvalue weighted by atomic mass is 32.2. The number of nitrogens with one attached hydrogen (secondary N) is 2. The lowest BCUT2D eigenvalue weighted by Gasteiger charge is -2.32. The molecule has 32 heavy (non-hydrogen) atoms. The zero-order chi connectivity index (χ0) is 22.1. The lowest BCUT2D eigenvalue weighted by molar-refractivity contribution is 0.329. The van der Waals surface area contributed by atoms with Gasteiger partial charge in [-0.3, -0.25) is 0 Å². The number of H-pyrrole nitrogens is 1. The Kier molecular flexibility index (Phi) is 5.40. The molecule has 1 aliphatic rings. The van der Waals surface area contributed by atoms with Gasteiger partial charge in [-0.2, -0.15) is 4.31 Å². The lowest BCUT2D eigenvalue weighted by atomic mass is 10.1. The van der Waals surface area contributed by atoms with Crippen molar-refractivity contribution in [3.05, 3.63) is 72.7 Å². The van der Waals surface area contributed by atoms with Gasteiger partial charge in [0.2, 0.25) is 10.0 Å². The summed E-state index contributed by atoms with van der Waals surface area (Å²) in [6.07, 6.45) is 4.99. The quantitative estimate of drug-likeness (QED) is 0.479. The topological polar surface area (TPSA) is 91.0 Å². The summed E-state index contributed by atoms with van der Waals surface area (Å²) in [5.74, 6) is 0.834. The van der Waals surface area contributed by atoms with Gasteiger partial charge in [-0.25, -0.2) is 18.4 Å². The number of sulfonamides is 1. The van der Waals surface area contributed by atoms with Crippen LogP contribution in [0.3, 0.4) is 0 Å². The maximum atomic E-state index is 13.2. The minimum atomic E-state index is -3.51. The monoisotopic (exact) mass is 447 g/mol. The smallest absolute Gasteiger partial charge is 0.243 e. The van der Waals surface area contributed by atoms with E-state index >= 15 is 0 Å². The molecule has 2 aromatic heterocycles. The van der Waals surface area contributed by atoms with Gasteiger partial charge < -0.3 is 10.3 Å². The number of fused-ring (bicyclic) bond motifs is 1. The molecule has 164 valence electrons. The molecule has 0 saturated carbocycles. The number of benzene rings is 2. The molecule has 7 nitrogen and oxygen atoms in total. The number of aryl methyl sites for hydroxylation is 1. The minimum Gasteiger partial charge on any atom is -0.367 e. The number of rotatable bonds is 5. The first-order valence-electron chi connectivity index (χ1n) is 10.7. The third-order valence-corrected chi connectivity index (χ3v) is 7.88. The van der Waals surface area contributed by atoms with E-state index in [2.05, 4.69) is 20.3 Å². The minimum absolute atomic E-state index is 0.219. The Labute approximate surface area is 187 Å². The van der Waals surface area contributed by atoms with Gasteiger partial charge >= 0.3 is 0 Å². The maximum Gasteiger partial charge on any atom is 0.243 e. The van der Waals surface area contributed by atoms with E-state index in [1.807, 2.05) is 55.6 Å². The molecule has 1 saturated heterocycles. The largest absolute Gasteiger partial charge is 0.367 e. The van der Waals surface area contributed by atoms with Gasteiger partial charge in [-0.05, 0) is 66.8 Å². The van der Waals surface area contributed by atoms with Gasteiger partial charge in [0, 0.05) is 25.3 Å². The predicted octanol–water partition coefficient (Wildman–Crippen LogP) is 4.20. The van der Waals surface area contributed by atoms with Crippen molar-refractivity contribution >= 4 is 26.9 Å². The molecule has 5 rings (SSSR count). The number of hydrogen-bond donors (Lipinski definition) is 2. The van der Waals surface area contributed by atoms with Crippen LogP contribution in [0.4, 0.5) is 5.82 Å². The van der Waals surface area contributed by atoms with E-state index in [9.17, 15) is 8.42 Å². The molecule has 0 spiro atoms. The normalized spacial score (nSPS) is 15.8. The maximum absolute atomic E-state index is 13.2. The molecule has 0 unspecified atom stereocenters. The van der Waals surface area contributed by atoms with Crippen LogP contribution in [0.1, 0.15) is 18.4 Å². The van der Waals surface area contributed by atoms with Crippen molar-refractivity contribution in [2.45, 2.75) is 30.7 Å². The average molecular weight is 448 g/mol. The number of nitrogens with zero attached hydrogens (tertiary/aromatic N) is 3. The van der Waals surface area contributed by atoms with E-state index in [1.54, 1.807) is 22.8 Å². The number of hydrogen-bond acceptors (Lipinski definition) is 5. The van der Waals surface area contributed by atoms with Crippen molar-refractivity contribution in [1.29, 1.82) is 0 Å². The molecule has 0 aliphatic carbocycles. The highest BCUT2D eigenvalue weighted by Crippen LogP contribution is 2.27. The van der Waals surface area contributed by atoms with Gasteiger partial charge in [-0.15, -0.1) is 0 Å². The van der Waals surface area contributed by atoms with Crippen LogP contribution < -0.4 is 5.32 Å². The molecule has 0 bridgehead atoms. The Hall–Kier alpha value is -3.23. The third-order valence-electron chi connectivity index (χ3n) is 5.96. The number of aromatic nitrogens is 3. The Morgan fingerprint density at radius 1 is 0.969 bits per heavy atom. The fourth-order valence-corrected chi connectivity index (χ4v) is 5.56. The molecule has 8 heteroatoms. The molecule has 0 radical (unpaired) electrons. The van der Waals surface area contributed by atoms with E-state index in [-0.39, 0.29) is 6.04 Å². The van der Waals surface area contributed by atoms with Crippen LogP contribution in [-0.4, -0.2) is 46.8 Å². The van der Waals surface area contributed by atoms with Gasteiger partial charge in [0.1, 0.15) is 5.82 Å². The summed E-state index contributed by atoms with van der Waals surface area (Å²) in [6.45, 7) is 2.98. The van der Waals surface area contributed by atoms with Crippen molar-refractivity contribution < 1.29 is 8.42 Å². The second-order valence-corrected chi connectivity index (χ2v) is 10.1. The molecule has 1 aliphatic heterocycles. The molecule has 3 heterocycles. The fraction of sp³-hybridized carbons (Fsp3) is 0.250. The average Bonchev–Trinajstić information content (AvgIpc) is 3.29. The summed E-state index contributed by atoms with van der Waals surface area (Å²) < 4.78 is 27.9. The van der Waals surface area contributed by atoms with Crippen LogP contribution in [0.15, 0.2) is 72.0 Å². The van der Waals surface area contributed by atoms with Gasteiger partial charge in [0.05, 0.1) is 22.3 Å². The SMILES string of the molecule is Cc1ccc(NC2CCN(S(=O)(=O)c3ccc(-c4ccc5nc[nH]c5c4)cc3)CC2)nc1. The van der Waals surface area contributed by atoms with Crippen LogP contribution >= 0.6 is 0 Å². The molecule has 1 fully saturated rings. The van der Waals surface area contributed by atoms with Crippen molar-refractivity contribution in [2.24, 2.45) is 0 Å². The first-order valence-corrected chi connectivity index (χ1v) is 12.2. The van der Waals surface area contributed by atoms with Crippen LogP contribution in [-0.2, 0) is 10.0 Å². The Morgan fingerprint density at radius 2 is 1.72 bits per heavy atom. The second kappa shape index (κ2) is 8.37. The highest BCUT2D eigenvalue weighted by Gasteiger charge is 2.29. The van der Waals surface area contributed by atoms with Gasteiger partial charge in [0.25, 0.3) is 0 Å². The van der Waals surface area contributed by atoms with Crippen LogP contribution in [0.5, 0.6) is 0 Å². The molecule has 2 N–H and O–H groups in total. The summed E-state index contributed by atoms with van der Waals surface area (Å²) in [6, 6.07) is 17.3. The number of aromatic amines is 1. The Morgan fingerprint density at radius 3 is 2.44 bits per heavy atom. The Balaban J connectivity index is 1.26. The zero-order valence-electron chi connectivity index (χ0n) is 17.8. The number of anilines is 1. The van der Waals surface area contributed by atoms with Crippen LogP contribution in [0.2, 0.25) is 0 Å². The van der Waals surface area contributed by atoms with E-state index in [1.165, 1.54) is 0 Å². The molecule has 0 atom stereocenters. The van der Waals surface area contributed by atoms with Crippen molar-refractivity contribution in [2.75, 3.05) is 18.4 Å². The van der Waals surface area contributed by atoms with Gasteiger partial charge in [0.15, 0.2) is 0 Å². The highest BCUT2D eigenvalue weighted by molar-refractivity contribution is 7.89. The zero-order valence-corrected chi connectivity index (χ0v) is 18.6. The van der Waals surface area contributed by atoms with E-state index in [0.717, 1.165) is 46.4 Å². The number of imidazole rings is 1. The molecular formula is C24H25N5O2S. The molecule has 2 aromatic carbocycles. The van der Waals surface area contributed by atoms with Crippen molar-refractivity contribution in [1.82, 2.24) is 19.3 Å². The summed E-state index contributed by atoms with van der Waals surface area (Å²) in [4.78, 5) is 12.1. The van der Waals surface area contributed by atoms with Crippen molar-refractivity contribution in [3.8, 4) is 11.1 Å². The second-order valence-electron chi connectivity index (χ2n) is 8.20. The summed E-state index contributed by atoms with van der Waals surface area (Å²) in [5, 5.41) is 3.42. The first-order chi connectivity index (χ1) is 15.5. The first kappa shape index (κ1) is 20.7. The number of piperidine rings is 1. The van der Waals surface area contributed by atoms with Crippen LogP contribution in [0, 0.1) is 6.92 Å². The van der Waals surface area contributed by atoms with E-state index < -0.39 is 10.0 Å². The lowest BCUT2D eigenvalue weighted by Crippen LogP contribution is -2.42. The standard InChI is InChI=1S/C24H25N5O2S/c1-17-2-9-24(25-15-17)28-20-10-12-29(13-11-20)32(30,31)21-6-3-18(4-7-21)19-5-8-22-23(14-19)27-16-26-22/h2-9,14-16,20H,10-13H2,1H3,(H,25,28)(H,26,27). The van der Waals surface area contributed by atoms with Crippen LogP contribution in [0.25, 0.3) is 22.2 Å². The molecule has 0 amide bonds. The fourth-order valence-electron chi connectivity index (χ4n) is 4.09. The molecule has 4 aromatic rings. The summed E-state index contributed by atoms with van der Waals surface area (Å²) >= 11 is 0. The molecular weight excluding hydrogens is 422 g/mol. The van der Waals surface area contributed by atoms with Crippen molar-refractivity contribution in [3.63, 3.8) is 0 Å². The van der Waals surface area contributed by atoms with E-state index in [0.29, 0.717) is 18.0 Å². The van der Waals surface area contributed by atoms with Gasteiger partial charge in [-0.1, -0.05) is 24.3 Å². The third kappa shape index (κ3) is 4.11. The van der Waals surface area contributed by atoms with E-state index in [4.69, 9.17) is 0 Å². The Bertz CT molecular complexity index is 1320. The summed E-state index contributed by atoms with van der Waals surface area (Å²) in [5.41, 5.74) is 4.96. The number of pyridine rings is 1. The predicted molar refractivity (Wildman–Crippen MR) is 126 cm³/mol.